The van der Waals surface area contributed by atoms with Gasteiger partial charge in [0, 0.05) is 6.61 Å². The lowest BCUT2D eigenvalue weighted by Crippen LogP contribution is -2.66. The van der Waals surface area contributed by atoms with Crippen LogP contribution >= 0.6 is 22.6 Å². The number of halogens is 1. The molecule has 0 unspecified atom stereocenters. The van der Waals surface area contributed by atoms with Crippen molar-refractivity contribution in [3.8, 4) is 0 Å². The van der Waals surface area contributed by atoms with Crippen LogP contribution in [0.5, 0.6) is 0 Å². The predicted octanol–water partition coefficient (Wildman–Crippen LogP) is 7.12. The summed E-state index contributed by atoms with van der Waals surface area (Å²) in [7, 11) is -2.34. The molecule has 0 N–H and O–H groups in total. The van der Waals surface area contributed by atoms with E-state index in [0.29, 0.717) is 0 Å². The molecule has 0 heterocycles. The van der Waals surface area contributed by atoms with Crippen molar-refractivity contribution in [1.29, 1.82) is 0 Å². The van der Waals surface area contributed by atoms with Crippen molar-refractivity contribution >= 4 is 41.3 Å². The third kappa shape index (κ3) is 7.22. The molecule has 2 aromatic carbocycles. The molecule has 0 aliphatic rings. The van der Waals surface area contributed by atoms with Gasteiger partial charge in [0.1, 0.15) is 0 Å². The second-order valence-electron chi connectivity index (χ2n) is 9.03. The summed E-state index contributed by atoms with van der Waals surface area (Å²) in [4.78, 5) is 0. The van der Waals surface area contributed by atoms with E-state index in [2.05, 4.69) is 104 Å². The van der Waals surface area contributed by atoms with E-state index in [-0.39, 0.29) is 5.04 Å². The predicted molar refractivity (Wildman–Crippen MR) is 139 cm³/mol. The van der Waals surface area contributed by atoms with Crippen LogP contribution in [0.25, 0.3) is 0 Å². The summed E-state index contributed by atoms with van der Waals surface area (Å²) in [6, 6.07) is 22.0. The van der Waals surface area contributed by atoms with Crippen molar-refractivity contribution in [2.75, 3.05) is 11.0 Å². The molecule has 0 spiro atoms. The van der Waals surface area contributed by atoms with Crippen LogP contribution in [0.4, 0.5) is 0 Å². The third-order valence-electron chi connectivity index (χ3n) is 5.76. The van der Waals surface area contributed by atoms with Crippen LogP contribution < -0.4 is 10.4 Å². The molecule has 0 fully saturated rings. The second kappa shape index (κ2) is 12.9. The van der Waals surface area contributed by atoms with E-state index in [1.165, 1.54) is 59.7 Å². The fraction of sp³-hybridized carbons (Fsp3) is 0.538. The topological polar surface area (TPSA) is 9.23 Å². The monoisotopic (exact) mass is 522 g/mol. The number of rotatable bonds is 13. The molecule has 2 aromatic rings. The fourth-order valence-electron chi connectivity index (χ4n) is 4.24. The van der Waals surface area contributed by atoms with Crippen LogP contribution in [0.3, 0.4) is 0 Å². The van der Waals surface area contributed by atoms with E-state index in [9.17, 15) is 0 Å². The van der Waals surface area contributed by atoms with Gasteiger partial charge in [-0.05, 0) is 32.7 Å². The molecule has 0 atom stereocenters. The molecule has 0 bridgehead atoms. The van der Waals surface area contributed by atoms with E-state index in [1.54, 1.807) is 0 Å². The molecule has 160 valence electrons. The highest BCUT2D eigenvalue weighted by Gasteiger charge is 2.49. The van der Waals surface area contributed by atoms with Gasteiger partial charge >= 0.3 is 0 Å². The minimum Gasteiger partial charge on any atom is -0.407 e. The Kier molecular flexibility index (Phi) is 11.0. The van der Waals surface area contributed by atoms with Gasteiger partial charge in [0.25, 0.3) is 8.32 Å². The number of alkyl halides is 1. The number of hydrogen-bond donors (Lipinski definition) is 0. The Morgan fingerprint density at radius 1 is 0.655 bits per heavy atom. The van der Waals surface area contributed by atoms with Crippen LogP contribution in [0.1, 0.15) is 72.1 Å². The number of benzene rings is 2. The average molecular weight is 523 g/mol. The standard InChI is InChI=1S/C26H39IOSi/c1-26(2,3)29(24-18-12-10-13-19-24,25-20-14-11-15-21-25)28-23-17-9-7-5-4-6-8-16-22-27/h10-15,18-21H,4-9,16-17,22-23H2,1-3H3. The summed E-state index contributed by atoms with van der Waals surface area (Å²) >= 11 is 2.48. The van der Waals surface area contributed by atoms with E-state index in [1.807, 2.05) is 0 Å². The quantitative estimate of drug-likeness (QED) is 0.118. The zero-order valence-corrected chi connectivity index (χ0v) is 21.8. The van der Waals surface area contributed by atoms with Gasteiger partial charge in [-0.25, -0.2) is 0 Å². The van der Waals surface area contributed by atoms with Gasteiger partial charge in [-0.3, -0.25) is 0 Å². The highest BCUT2D eigenvalue weighted by atomic mass is 127. The van der Waals surface area contributed by atoms with E-state index in [0.717, 1.165) is 13.0 Å². The molecule has 1 nitrogen and oxygen atoms in total. The molecule has 0 amide bonds. The first-order valence-corrected chi connectivity index (χ1v) is 14.8. The first kappa shape index (κ1) is 24.6. The largest absolute Gasteiger partial charge is 0.407 e. The molecular weight excluding hydrogens is 483 g/mol. The smallest absolute Gasteiger partial charge is 0.261 e. The van der Waals surface area contributed by atoms with Gasteiger partial charge in [0.15, 0.2) is 0 Å². The fourth-order valence-corrected chi connectivity index (χ4v) is 9.39. The lowest BCUT2D eigenvalue weighted by Gasteiger charge is -2.43. The number of unbranched alkanes of at least 4 members (excludes halogenated alkanes) is 7. The van der Waals surface area contributed by atoms with Crippen LogP contribution in [-0.4, -0.2) is 19.4 Å². The zero-order chi connectivity index (χ0) is 21.0. The van der Waals surface area contributed by atoms with Crippen LogP contribution in [0.2, 0.25) is 5.04 Å². The van der Waals surface area contributed by atoms with Gasteiger partial charge in [-0.2, -0.15) is 0 Å². The Balaban J connectivity index is 2.00. The summed E-state index contributed by atoms with van der Waals surface area (Å²) in [6.07, 6.45) is 10.7. The molecule has 3 heteroatoms. The van der Waals surface area contributed by atoms with Gasteiger partial charge in [-0.15, -0.1) is 0 Å². The summed E-state index contributed by atoms with van der Waals surface area (Å²) < 4.78 is 8.27. The van der Waals surface area contributed by atoms with Gasteiger partial charge in [0.05, 0.1) is 0 Å². The van der Waals surface area contributed by atoms with E-state index < -0.39 is 8.32 Å². The zero-order valence-electron chi connectivity index (χ0n) is 18.6. The van der Waals surface area contributed by atoms with Gasteiger partial charge in [-0.1, -0.05) is 143 Å². The van der Waals surface area contributed by atoms with Crippen molar-refractivity contribution in [3.63, 3.8) is 0 Å². The Bertz CT molecular complexity index is 627. The SMILES string of the molecule is CC(C)(C)[Si](OCCCCCCCCCCI)(c1ccccc1)c1ccccc1. The molecule has 0 aromatic heterocycles. The molecule has 0 radical (unpaired) electrons. The summed E-state index contributed by atoms with van der Waals surface area (Å²) in [6.45, 7) is 7.93. The minimum atomic E-state index is -2.34. The van der Waals surface area contributed by atoms with Gasteiger partial charge < -0.3 is 4.43 Å². The second-order valence-corrected chi connectivity index (χ2v) is 14.4. The van der Waals surface area contributed by atoms with Crippen LogP contribution in [0, 0.1) is 0 Å². The average Bonchev–Trinajstić information content (AvgIpc) is 2.72. The highest BCUT2D eigenvalue weighted by Crippen LogP contribution is 2.36. The molecular formula is C26H39IOSi. The van der Waals surface area contributed by atoms with Crippen LogP contribution in [0.15, 0.2) is 60.7 Å². The van der Waals surface area contributed by atoms with Crippen molar-refractivity contribution in [2.45, 2.75) is 77.2 Å². The molecule has 0 aliphatic carbocycles. The van der Waals surface area contributed by atoms with Crippen molar-refractivity contribution in [1.82, 2.24) is 0 Å². The normalized spacial score (nSPS) is 12.3. The van der Waals surface area contributed by atoms with E-state index in [4.69, 9.17) is 4.43 Å². The first-order chi connectivity index (χ1) is 14.0. The van der Waals surface area contributed by atoms with E-state index >= 15 is 0 Å². The first-order valence-electron chi connectivity index (χ1n) is 11.3. The lowest BCUT2D eigenvalue weighted by molar-refractivity contribution is 0.286. The van der Waals surface area contributed by atoms with Crippen molar-refractivity contribution in [3.05, 3.63) is 60.7 Å². The Labute approximate surface area is 193 Å². The highest BCUT2D eigenvalue weighted by molar-refractivity contribution is 14.1. The molecule has 2 rings (SSSR count). The Morgan fingerprint density at radius 3 is 1.48 bits per heavy atom. The maximum atomic E-state index is 6.96. The summed E-state index contributed by atoms with van der Waals surface area (Å²) in [5, 5.41) is 2.84. The maximum absolute atomic E-state index is 6.96. The van der Waals surface area contributed by atoms with Crippen molar-refractivity contribution < 1.29 is 4.43 Å². The molecule has 0 aliphatic heterocycles. The number of hydrogen-bond acceptors (Lipinski definition) is 1. The molecule has 0 saturated heterocycles. The minimum absolute atomic E-state index is 0.0777. The van der Waals surface area contributed by atoms with Gasteiger partial charge in [0.2, 0.25) is 0 Å². The maximum Gasteiger partial charge on any atom is 0.261 e. The summed E-state index contributed by atoms with van der Waals surface area (Å²) in [5.41, 5.74) is 0. The Morgan fingerprint density at radius 2 is 1.07 bits per heavy atom. The molecule has 29 heavy (non-hydrogen) atoms. The van der Waals surface area contributed by atoms with Crippen LogP contribution in [-0.2, 0) is 4.43 Å². The third-order valence-corrected chi connectivity index (χ3v) is 11.6. The molecule has 0 saturated carbocycles. The lowest BCUT2D eigenvalue weighted by atomic mass is 10.1. The van der Waals surface area contributed by atoms with Crippen molar-refractivity contribution in [2.24, 2.45) is 0 Å². The summed E-state index contributed by atoms with van der Waals surface area (Å²) in [5.74, 6) is 0. The Hall–Kier alpha value is -0.653.